The van der Waals surface area contributed by atoms with Gasteiger partial charge in [0.2, 0.25) is 0 Å². The van der Waals surface area contributed by atoms with Gasteiger partial charge in [-0.25, -0.2) is 0 Å². The maximum atomic E-state index is 3.52. The van der Waals surface area contributed by atoms with Gasteiger partial charge in [-0.15, -0.1) is 0 Å². The van der Waals surface area contributed by atoms with E-state index in [1.165, 1.54) is 0 Å². The third kappa shape index (κ3) is 5.61. The fraction of sp³-hybridized carbons (Fsp3) is 1.00. The van der Waals surface area contributed by atoms with Crippen LogP contribution < -0.4 is 5.32 Å². The van der Waals surface area contributed by atoms with Crippen molar-refractivity contribution in [3.05, 3.63) is 0 Å². The maximum Gasteiger partial charge on any atom is 0.0101 e. The second-order valence-corrected chi connectivity index (χ2v) is 4.84. The van der Waals surface area contributed by atoms with Crippen molar-refractivity contribution >= 4 is 0 Å². The molecule has 0 radical (unpaired) electrons. The lowest BCUT2D eigenvalue weighted by molar-refractivity contribution is 0.204. The molecular formula is C12H28N2. The van der Waals surface area contributed by atoms with E-state index in [2.05, 4.69) is 51.9 Å². The summed E-state index contributed by atoms with van der Waals surface area (Å²) in [5, 5.41) is 3.52. The van der Waals surface area contributed by atoms with Crippen LogP contribution in [0.5, 0.6) is 0 Å². The highest BCUT2D eigenvalue weighted by molar-refractivity contribution is 4.71. The monoisotopic (exact) mass is 200 g/mol. The zero-order valence-corrected chi connectivity index (χ0v) is 10.8. The predicted octanol–water partition coefficient (Wildman–Crippen LogP) is 2.21. The Bertz CT molecular complexity index is 134. The van der Waals surface area contributed by atoms with Crippen LogP contribution >= 0.6 is 0 Å². The van der Waals surface area contributed by atoms with Gasteiger partial charge in [0.05, 0.1) is 0 Å². The standard InChI is InChI=1S/C12H28N2/c1-7-14(6)12(5)11(4)9-13-8-10(2)3/h10-13H,7-9H2,1-6H3. The molecule has 0 aromatic heterocycles. The summed E-state index contributed by atoms with van der Waals surface area (Å²) in [5.74, 6) is 1.47. The zero-order chi connectivity index (χ0) is 11.1. The molecule has 2 atom stereocenters. The SMILES string of the molecule is CCN(C)C(C)C(C)CNCC(C)C. The summed E-state index contributed by atoms with van der Waals surface area (Å²) >= 11 is 0. The van der Waals surface area contributed by atoms with Gasteiger partial charge < -0.3 is 10.2 Å². The van der Waals surface area contributed by atoms with Crippen molar-refractivity contribution in [3.63, 3.8) is 0 Å². The Kier molecular flexibility index (Phi) is 7.20. The van der Waals surface area contributed by atoms with Gasteiger partial charge >= 0.3 is 0 Å². The molecule has 0 heterocycles. The summed E-state index contributed by atoms with van der Waals surface area (Å²) in [6, 6.07) is 0.666. The molecule has 0 aliphatic heterocycles. The molecule has 0 spiro atoms. The maximum absolute atomic E-state index is 3.52. The molecule has 2 heteroatoms. The van der Waals surface area contributed by atoms with Gasteiger partial charge in [0, 0.05) is 6.04 Å². The molecule has 0 saturated heterocycles. The van der Waals surface area contributed by atoms with Gasteiger partial charge in [0.15, 0.2) is 0 Å². The molecular weight excluding hydrogens is 172 g/mol. The van der Waals surface area contributed by atoms with E-state index in [4.69, 9.17) is 0 Å². The summed E-state index contributed by atoms with van der Waals surface area (Å²) in [6.07, 6.45) is 0. The van der Waals surface area contributed by atoms with Crippen molar-refractivity contribution in [1.82, 2.24) is 10.2 Å². The van der Waals surface area contributed by atoms with E-state index in [-0.39, 0.29) is 0 Å². The van der Waals surface area contributed by atoms with Crippen LogP contribution in [0.4, 0.5) is 0 Å². The Hall–Kier alpha value is -0.0800. The number of hydrogen-bond donors (Lipinski definition) is 1. The fourth-order valence-electron chi connectivity index (χ4n) is 1.49. The van der Waals surface area contributed by atoms with Crippen molar-refractivity contribution in [2.24, 2.45) is 11.8 Å². The Morgan fingerprint density at radius 3 is 2.07 bits per heavy atom. The third-order valence-electron chi connectivity index (χ3n) is 3.04. The largest absolute Gasteiger partial charge is 0.316 e. The minimum Gasteiger partial charge on any atom is -0.316 e. The molecule has 14 heavy (non-hydrogen) atoms. The van der Waals surface area contributed by atoms with Crippen LogP contribution in [-0.2, 0) is 0 Å². The molecule has 86 valence electrons. The van der Waals surface area contributed by atoms with Gasteiger partial charge in [0.25, 0.3) is 0 Å². The van der Waals surface area contributed by atoms with Crippen molar-refractivity contribution < 1.29 is 0 Å². The first kappa shape index (κ1) is 13.9. The minimum absolute atomic E-state index is 0.666. The van der Waals surface area contributed by atoms with E-state index in [9.17, 15) is 0 Å². The van der Waals surface area contributed by atoms with Crippen LogP contribution in [0.2, 0.25) is 0 Å². The molecule has 0 aromatic carbocycles. The first-order chi connectivity index (χ1) is 6.49. The van der Waals surface area contributed by atoms with Gasteiger partial charge in [-0.3, -0.25) is 0 Å². The highest BCUT2D eigenvalue weighted by Crippen LogP contribution is 2.07. The van der Waals surface area contributed by atoms with E-state index in [0.717, 1.165) is 31.5 Å². The average Bonchev–Trinajstić information content (AvgIpc) is 2.14. The van der Waals surface area contributed by atoms with Crippen LogP contribution in [0.25, 0.3) is 0 Å². The lowest BCUT2D eigenvalue weighted by Crippen LogP contribution is -2.39. The number of nitrogens with zero attached hydrogens (tertiary/aromatic N) is 1. The van der Waals surface area contributed by atoms with Gasteiger partial charge in [-0.05, 0) is 45.4 Å². The normalized spacial score (nSPS) is 16.3. The van der Waals surface area contributed by atoms with Crippen LogP contribution in [0.15, 0.2) is 0 Å². The summed E-state index contributed by atoms with van der Waals surface area (Å²) in [4.78, 5) is 2.40. The fourth-order valence-corrected chi connectivity index (χ4v) is 1.49. The molecule has 0 fully saturated rings. The first-order valence-electron chi connectivity index (χ1n) is 5.90. The summed E-state index contributed by atoms with van der Waals surface area (Å²) in [6.45, 7) is 14.7. The molecule has 0 amide bonds. The van der Waals surface area contributed by atoms with Crippen molar-refractivity contribution in [2.45, 2.75) is 40.7 Å². The predicted molar refractivity (Wildman–Crippen MR) is 64.6 cm³/mol. The number of hydrogen-bond acceptors (Lipinski definition) is 2. The number of rotatable bonds is 7. The van der Waals surface area contributed by atoms with Crippen LogP contribution in [0.1, 0.15) is 34.6 Å². The summed E-state index contributed by atoms with van der Waals surface area (Å²) < 4.78 is 0. The van der Waals surface area contributed by atoms with E-state index in [0.29, 0.717) is 6.04 Å². The van der Waals surface area contributed by atoms with E-state index in [1.54, 1.807) is 0 Å². The minimum atomic E-state index is 0.666. The average molecular weight is 200 g/mol. The van der Waals surface area contributed by atoms with Gasteiger partial charge in [-0.1, -0.05) is 27.7 Å². The number of nitrogens with one attached hydrogen (secondary N) is 1. The van der Waals surface area contributed by atoms with Crippen LogP contribution in [-0.4, -0.2) is 37.6 Å². The third-order valence-corrected chi connectivity index (χ3v) is 3.04. The highest BCUT2D eigenvalue weighted by Gasteiger charge is 2.14. The van der Waals surface area contributed by atoms with Crippen LogP contribution in [0, 0.1) is 11.8 Å². The van der Waals surface area contributed by atoms with Gasteiger partial charge in [-0.2, -0.15) is 0 Å². The lowest BCUT2D eigenvalue weighted by atomic mass is 10.0. The van der Waals surface area contributed by atoms with Crippen LogP contribution in [0.3, 0.4) is 0 Å². The van der Waals surface area contributed by atoms with Crippen molar-refractivity contribution in [1.29, 1.82) is 0 Å². The second-order valence-electron chi connectivity index (χ2n) is 4.84. The molecule has 0 bridgehead atoms. The molecule has 0 rings (SSSR count). The Labute approximate surface area is 90.1 Å². The van der Waals surface area contributed by atoms with Crippen molar-refractivity contribution in [3.8, 4) is 0 Å². The molecule has 0 aliphatic carbocycles. The Morgan fingerprint density at radius 2 is 1.64 bits per heavy atom. The lowest BCUT2D eigenvalue weighted by Gasteiger charge is -2.29. The molecule has 0 aromatic rings. The van der Waals surface area contributed by atoms with Gasteiger partial charge in [0.1, 0.15) is 0 Å². The highest BCUT2D eigenvalue weighted by atomic mass is 15.1. The zero-order valence-electron chi connectivity index (χ0n) is 10.8. The Morgan fingerprint density at radius 1 is 1.07 bits per heavy atom. The molecule has 2 nitrogen and oxygen atoms in total. The summed E-state index contributed by atoms with van der Waals surface area (Å²) in [5.41, 5.74) is 0. The molecule has 0 aliphatic rings. The molecule has 1 N–H and O–H groups in total. The van der Waals surface area contributed by atoms with Crippen molar-refractivity contribution in [2.75, 3.05) is 26.7 Å². The Balaban J connectivity index is 3.67. The second kappa shape index (κ2) is 7.24. The van der Waals surface area contributed by atoms with E-state index in [1.807, 2.05) is 0 Å². The topological polar surface area (TPSA) is 15.3 Å². The first-order valence-corrected chi connectivity index (χ1v) is 5.90. The molecule has 0 saturated carbocycles. The smallest absolute Gasteiger partial charge is 0.0101 e. The summed E-state index contributed by atoms with van der Waals surface area (Å²) in [7, 11) is 2.20. The molecule has 2 unspecified atom stereocenters. The van der Waals surface area contributed by atoms with E-state index < -0.39 is 0 Å². The van der Waals surface area contributed by atoms with E-state index >= 15 is 0 Å². The quantitative estimate of drug-likeness (QED) is 0.678.